The van der Waals surface area contributed by atoms with Crippen molar-refractivity contribution in [3.8, 4) is 11.3 Å². The normalized spacial score (nSPS) is 11.0. The molecule has 2 aromatic heterocycles. The Morgan fingerprint density at radius 3 is 2.38 bits per heavy atom. The van der Waals surface area contributed by atoms with Crippen LogP contribution in [0.25, 0.3) is 16.9 Å². The van der Waals surface area contributed by atoms with Crippen LogP contribution in [0.5, 0.6) is 0 Å². The number of fused-ring (bicyclic) bond motifs is 1. The van der Waals surface area contributed by atoms with Gasteiger partial charge in [0.25, 0.3) is 5.91 Å². The smallest absolute Gasteiger partial charge is 0.251 e. The highest BCUT2D eigenvalue weighted by molar-refractivity contribution is 9.10. The zero-order valence-corrected chi connectivity index (χ0v) is 23.0. The van der Waals surface area contributed by atoms with Gasteiger partial charge in [-0.2, -0.15) is 9.61 Å². The number of benzene rings is 3. The zero-order chi connectivity index (χ0) is 25.9. The molecule has 1 amide bonds. The first-order valence-electron chi connectivity index (χ1n) is 11.2. The van der Waals surface area contributed by atoms with Crippen molar-refractivity contribution in [2.45, 2.75) is 13.1 Å². The molecule has 5 rings (SSSR count). The van der Waals surface area contributed by atoms with E-state index in [4.69, 9.17) is 39.8 Å². The summed E-state index contributed by atoms with van der Waals surface area (Å²) in [5, 5.41) is 12.3. The van der Waals surface area contributed by atoms with Crippen LogP contribution in [0.2, 0.25) is 15.1 Å². The van der Waals surface area contributed by atoms with Gasteiger partial charge in [0.05, 0.1) is 16.4 Å². The Hall–Kier alpha value is -3.10. The van der Waals surface area contributed by atoms with Gasteiger partial charge in [0.1, 0.15) is 5.82 Å². The van der Waals surface area contributed by atoms with E-state index in [1.54, 1.807) is 28.9 Å². The molecule has 0 aliphatic rings. The highest BCUT2D eigenvalue weighted by atomic mass is 79.9. The summed E-state index contributed by atoms with van der Waals surface area (Å²) in [6, 6.07) is 22.2. The summed E-state index contributed by atoms with van der Waals surface area (Å²) in [5.41, 5.74) is 4.66. The van der Waals surface area contributed by atoms with Gasteiger partial charge < -0.3 is 10.6 Å². The molecule has 0 saturated heterocycles. The van der Waals surface area contributed by atoms with E-state index >= 15 is 0 Å². The minimum atomic E-state index is -0.247. The summed E-state index contributed by atoms with van der Waals surface area (Å²) in [7, 11) is 0. The number of rotatable bonds is 7. The summed E-state index contributed by atoms with van der Waals surface area (Å²) in [6.07, 6.45) is 1.71. The van der Waals surface area contributed by atoms with E-state index < -0.39 is 0 Å². The van der Waals surface area contributed by atoms with Gasteiger partial charge in [-0.15, -0.1) is 0 Å². The number of hydrogen-bond donors (Lipinski definition) is 2. The third-order valence-corrected chi connectivity index (χ3v) is 6.95. The van der Waals surface area contributed by atoms with Gasteiger partial charge in [-0.25, -0.2) is 4.98 Å². The summed E-state index contributed by atoms with van der Waals surface area (Å²) in [4.78, 5) is 17.3. The molecule has 5 aromatic rings. The molecule has 2 heterocycles. The van der Waals surface area contributed by atoms with E-state index in [1.807, 2.05) is 54.6 Å². The standard InChI is InChI=1S/C27H19BrCl3N5O/c28-22-15-34-36-25(12-24(35-26(22)36)21-6-1-2-7-23(21)31)32-13-16-4-3-5-17(8-16)14-33-27(37)18-9-19(29)11-20(30)10-18/h1-12,15,32H,13-14H2,(H,33,37). The minimum absolute atomic E-state index is 0.247. The molecule has 6 nitrogen and oxygen atoms in total. The third kappa shape index (κ3) is 5.91. The van der Waals surface area contributed by atoms with Crippen LogP contribution < -0.4 is 10.6 Å². The number of aromatic nitrogens is 3. The molecule has 0 fully saturated rings. The van der Waals surface area contributed by atoms with Crippen molar-refractivity contribution in [1.29, 1.82) is 0 Å². The maximum Gasteiger partial charge on any atom is 0.251 e. The van der Waals surface area contributed by atoms with Crippen molar-refractivity contribution in [1.82, 2.24) is 19.9 Å². The second kappa shape index (κ2) is 11.1. The van der Waals surface area contributed by atoms with Crippen molar-refractivity contribution in [2.75, 3.05) is 5.32 Å². The lowest BCUT2D eigenvalue weighted by atomic mass is 10.1. The number of nitrogens with zero attached hydrogens (tertiary/aromatic N) is 3. The Morgan fingerprint density at radius 1 is 0.892 bits per heavy atom. The van der Waals surface area contributed by atoms with Crippen LogP contribution in [0.15, 0.2) is 83.5 Å². The van der Waals surface area contributed by atoms with E-state index in [0.717, 1.165) is 32.7 Å². The van der Waals surface area contributed by atoms with Crippen LogP contribution in [-0.4, -0.2) is 20.5 Å². The van der Waals surface area contributed by atoms with Gasteiger partial charge >= 0.3 is 0 Å². The maximum atomic E-state index is 12.5. The average molecular weight is 616 g/mol. The average Bonchev–Trinajstić information content (AvgIpc) is 3.26. The molecule has 0 spiro atoms. The molecule has 0 aliphatic carbocycles. The van der Waals surface area contributed by atoms with Crippen LogP contribution in [0.4, 0.5) is 5.82 Å². The van der Waals surface area contributed by atoms with Crippen molar-refractivity contribution < 1.29 is 4.79 Å². The monoisotopic (exact) mass is 613 g/mol. The van der Waals surface area contributed by atoms with E-state index in [-0.39, 0.29) is 5.91 Å². The largest absolute Gasteiger partial charge is 0.366 e. The number of amides is 1. The Bertz CT molecular complexity index is 1600. The fourth-order valence-corrected chi connectivity index (χ4v) is 4.99. The lowest BCUT2D eigenvalue weighted by molar-refractivity contribution is 0.0951. The molecule has 3 aromatic carbocycles. The summed E-state index contributed by atoms with van der Waals surface area (Å²) in [5.74, 6) is 0.519. The highest BCUT2D eigenvalue weighted by Gasteiger charge is 2.13. The van der Waals surface area contributed by atoms with E-state index in [0.29, 0.717) is 39.4 Å². The summed E-state index contributed by atoms with van der Waals surface area (Å²) < 4.78 is 2.52. The zero-order valence-electron chi connectivity index (χ0n) is 19.2. The Balaban J connectivity index is 1.33. The van der Waals surface area contributed by atoms with Crippen LogP contribution in [-0.2, 0) is 13.1 Å². The molecule has 2 N–H and O–H groups in total. The molecule has 0 atom stereocenters. The molecule has 0 bridgehead atoms. The fourth-order valence-electron chi connectivity index (χ4n) is 3.88. The van der Waals surface area contributed by atoms with Gasteiger partial charge in [-0.3, -0.25) is 4.79 Å². The Labute approximate surface area is 236 Å². The SMILES string of the molecule is O=C(NCc1cccc(CNc2cc(-c3ccccc3Cl)nc3c(Br)cnn23)c1)c1cc(Cl)cc(Cl)c1. The summed E-state index contributed by atoms with van der Waals surface area (Å²) >= 11 is 22.0. The van der Waals surface area contributed by atoms with Crippen LogP contribution in [0, 0.1) is 0 Å². The molecule has 10 heteroatoms. The predicted molar refractivity (Wildman–Crippen MR) is 153 cm³/mol. The number of hydrogen-bond acceptors (Lipinski definition) is 4. The number of anilines is 1. The van der Waals surface area contributed by atoms with Gasteiger partial charge in [-0.1, -0.05) is 77.3 Å². The molecule has 186 valence electrons. The molecule has 0 aliphatic heterocycles. The number of nitrogens with one attached hydrogen (secondary N) is 2. The second-order valence-corrected chi connectivity index (χ2v) is 10.4. The van der Waals surface area contributed by atoms with Gasteiger partial charge in [-0.05, 0) is 51.3 Å². The van der Waals surface area contributed by atoms with Crippen molar-refractivity contribution in [2.24, 2.45) is 0 Å². The van der Waals surface area contributed by atoms with E-state index in [2.05, 4.69) is 31.7 Å². The predicted octanol–water partition coefficient (Wildman–Crippen LogP) is 7.66. The molecule has 0 unspecified atom stereocenters. The lowest BCUT2D eigenvalue weighted by Gasteiger charge is -2.13. The molecular formula is C27H19BrCl3N5O. The first-order valence-corrected chi connectivity index (χ1v) is 13.2. The lowest BCUT2D eigenvalue weighted by Crippen LogP contribution is -2.22. The van der Waals surface area contributed by atoms with Crippen LogP contribution in [0.3, 0.4) is 0 Å². The molecule has 37 heavy (non-hydrogen) atoms. The fraction of sp³-hybridized carbons (Fsp3) is 0.0741. The first kappa shape index (κ1) is 25.5. The Kier molecular flexibility index (Phi) is 7.67. The number of halogens is 4. The van der Waals surface area contributed by atoms with Crippen molar-refractivity contribution in [3.05, 3.63) is 115 Å². The van der Waals surface area contributed by atoms with Gasteiger partial charge in [0.15, 0.2) is 5.65 Å². The Morgan fingerprint density at radius 2 is 1.62 bits per heavy atom. The summed E-state index contributed by atoms with van der Waals surface area (Å²) in [6.45, 7) is 0.892. The highest BCUT2D eigenvalue weighted by Crippen LogP contribution is 2.30. The van der Waals surface area contributed by atoms with Crippen LogP contribution >= 0.6 is 50.7 Å². The van der Waals surface area contributed by atoms with E-state index in [9.17, 15) is 4.79 Å². The topological polar surface area (TPSA) is 71.3 Å². The molecular weight excluding hydrogens is 597 g/mol. The third-order valence-electron chi connectivity index (χ3n) is 5.62. The second-order valence-electron chi connectivity index (χ2n) is 8.25. The van der Waals surface area contributed by atoms with Crippen molar-refractivity contribution in [3.63, 3.8) is 0 Å². The first-order chi connectivity index (χ1) is 17.9. The van der Waals surface area contributed by atoms with Gasteiger partial charge in [0, 0.05) is 45.4 Å². The number of carbonyl (C=O) groups is 1. The van der Waals surface area contributed by atoms with Gasteiger partial charge in [0.2, 0.25) is 0 Å². The van der Waals surface area contributed by atoms with E-state index in [1.165, 1.54) is 0 Å². The maximum absolute atomic E-state index is 12.5. The molecule has 0 saturated carbocycles. The molecule has 0 radical (unpaired) electrons. The van der Waals surface area contributed by atoms with Crippen molar-refractivity contribution >= 4 is 68.1 Å². The minimum Gasteiger partial charge on any atom is -0.366 e. The quantitative estimate of drug-likeness (QED) is 0.197. The number of carbonyl (C=O) groups excluding carboxylic acids is 1. The van der Waals surface area contributed by atoms with Crippen LogP contribution in [0.1, 0.15) is 21.5 Å².